The molecule has 0 spiro atoms. The first-order chi connectivity index (χ1) is 12.7. The third kappa shape index (κ3) is 4.90. The van der Waals surface area contributed by atoms with Crippen molar-refractivity contribution in [2.75, 3.05) is 33.3 Å². The van der Waals surface area contributed by atoms with Crippen molar-refractivity contribution >= 4 is 11.9 Å². The summed E-state index contributed by atoms with van der Waals surface area (Å²) in [4.78, 5) is 28.8. The smallest absolute Gasteiger partial charge is 0.317 e. The van der Waals surface area contributed by atoms with Crippen LogP contribution in [0.4, 0.5) is 4.79 Å². The van der Waals surface area contributed by atoms with Crippen LogP contribution in [0.2, 0.25) is 0 Å². The summed E-state index contributed by atoms with van der Waals surface area (Å²) < 4.78 is 5.15. The minimum atomic E-state index is 0.0290. The predicted molar refractivity (Wildman–Crippen MR) is 100 cm³/mol. The largest absolute Gasteiger partial charge is 0.497 e. The van der Waals surface area contributed by atoms with Crippen LogP contribution in [0.5, 0.6) is 5.75 Å². The summed E-state index contributed by atoms with van der Waals surface area (Å²) in [6.07, 6.45) is 5.81. The molecule has 0 bridgehead atoms. The van der Waals surface area contributed by atoms with E-state index in [0.717, 1.165) is 30.6 Å². The van der Waals surface area contributed by atoms with Crippen LogP contribution < -0.4 is 10.1 Å². The molecule has 0 atom stereocenters. The SMILES string of the molecule is COc1ccc(CC(=O)N2CCCN(C(=O)NC3CCCC3)CC2)cc1. The molecule has 6 heteroatoms. The second kappa shape index (κ2) is 8.92. The highest BCUT2D eigenvalue weighted by molar-refractivity contribution is 5.79. The van der Waals surface area contributed by atoms with Crippen LogP contribution >= 0.6 is 0 Å². The van der Waals surface area contributed by atoms with Gasteiger partial charge in [0.25, 0.3) is 0 Å². The molecule has 1 saturated carbocycles. The highest BCUT2D eigenvalue weighted by atomic mass is 16.5. The highest BCUT2D eigenvalue weighted by Gasteiger charge is 2.24. The number of benzene rings is 1. The summed E-state index contributed by atoms with van der Waals surface area (Å²) >= 11 is 0. The Labute approximate surface area is 155 Å². The van der Waals surface area contributed by atoms with Gasteiger partial charge in [-0.05, 0) is 37.0 Å². The highest BCUT2D eigenvalue weighted by Crippen LogP contribution is 2.18. The Hall–Kier alpha value is -2.24. The Bertz CT molecular complexity index is 611. The predicted octanol–water partition coefficient (Wildman–Crippen LogP) is 2.42. The molecule has 1 heterocycles. The first kappa shape index (κ1) is 18.5. The van der Waals surface area contributed by atoms with E-state index in [4.69, 9.17) is 4.74 Å². The van der Waals surface area contributed by atoms with Crippen LogP contribution in [-0.2, 0) is 11.2 Å². The molecule has 0 radical (unpaired) electrons. The van der Waals surface area contributed by atoms with Gasteiger partial charge in [-0.25, -0.2) is 4.79 Å². The second-order valence-electron chi connectivity index (χ2n) is 7.18. The average Bonchev–Trinajstić information content (AvgIpc) is 3.03. The van der Waals surface area contributed by atoms with Gasteiger partial charge in [0.2, 0.25) is 5.91 Å². The van der Waals surface area contributed by atoms with E-state index in [1.807, 2.05) is 34.1 Å². The fourth-order valence-electron chi connectivity index (χ4n) is 3.74. The zero-order chi connectivity index (χ0) is 18.4. The topological polar surface area (TPSA) is 61.9 Å². The summed E-state index contributed by atoms with van der Waals surface area (Å²) in [5, 5.41) is 3.14. The van der Waals surface area contributed by atoms with E-state index in [1.54, 1.807) is 7.11 Å². The maximum absolute atomic E-state index is 12.6. The molecule has 142 valence electrons. The van der Waals surface area contributed by atoms with Crippen molar-refractivity contribution in [2.45, 2.75) is 44.6 Å². The van der Waals surface area contributed by atoms with Gasteiger partial charge in [0, 0.05) is 32.2 Å². The fraction of sp³-hybridized carbons (Fsp3) is 0.600. The molecular formula is C20H29N3O3. The van der Waals surface area contributed by atoms with Crippen molar-refractivity contribution in [3.8, 4) is 5.75 Å². The van der Waals surface area contributed by atoms with Crippen LogP contribution in [-0.4, -0.2) is 61.1 Å². The van der Waals surface area contributed by atoms with Crippen molar-refractivity contribution in [2.24, 2.45) is 0 Å². The van der Waals surface area contributed by atoms with Crippen molar-refractivity contribution in [1.29, 1.82) is 0 Å². The lowest BCUT2D eigenvalue weighted by Gasteiger charge is -2.24. The number of ether oxygens (including phenoxy) is 1. The van der Waals surface area contributed by atoms with E-state index in [1.165, 1.54) is 12.8 Å². The van der Waals surface area contributed by atoms with Crippen LogP contribution in [0.3, 0.4) is 0 Å². The number of rotatable bonds is 4. The maximum Gasteiger partial charge on any atom is 0.317 e. The molecule has 1 saturated heterocycles. The molecule has 0 aromatic heterocycles. The first-order valence-electron chi connectivity index (χ1n) is 9.62. The number of carbonyl (C=O) groups is 2. The average molecular weight is 359 g/mol. The van der Waals surface area contributed by atoms with E-state index in [9.17, 15) is 9.59 Å². The number of amides is 3. The monoisotopic (exact) mass is 359 g/mol. The zero-order valence-electron chi connectivity index (χ0n) is 15.6. The van der Waals surface area contributed by atoms with E-state index < -0.39 is 0 Å². The molecule has 0 unspecified atom stereocenters. The number of methoxy groups -OCH3 is 1. The van der Waals surface area contributed by atoms with Crippen molar-refractivity contribution < 1.29 is 14.3 Å². The number of carbonyl (C=O) groups excluding carboxylic acids is 2. The molecule has 6 nitrogen and oxygen atoms in total. The van der Waals surface area contributed by atoms with E-state index >= 15 is 0 Å². The quantitative estimate of drug-likeness (QED) is 0.898. The molecule has 1 aromatic rings. The van der Waals surface area contributed by atoms with Crippen LogP contribution in [0, 0.1) is 0 Å². The molecule has 1 aromatic carbocycles. The molecule has 1 aliphatic heterocycles. The Morgan fingerprint density at radius 2 is 1.65 bits per heavy atom. The Morgan fingerprint density at radius 3 is 2.35 bits per heavy atom. The summed E-state index contributed by atoms with van der Waals surface area (Å²) in [5.74, 6) is 0.910. The number of hydrogen-bond acceptors (Lipinski definition) is 3. The molecular weight excluding hydrogens is 330 g/mol. The summed E-state index contributed by atoms with van der Waals surface area (Å²) in [5.41, 5.74) is 0.982. The van der Waals surface area contributed by atoms with Gasteiger partial charge in [-0.15, -0.1) is 0 Å². The van der Waals surface area contributed by atoms with Gasteiger partial charge in [0.05, 0.1) is 13.5 Å². The Balaban J connectivity index is 1.48. The lowest BCUT2D eigenvalue weighted by molar-refractivity contribution is -0.130. The maximum atomic E-state index is 12.6. The third-order valence-corrected chi connectivity index (χ3v) is 5.33. The summed E-state index contributed by atoms with van der Waals surface area (Å²) in [7, 11) is 1.63. The summed E-state index contributed by atoms with van der Waals surface area (Å²) in [6, 6.07) is 7.96. The molecule has 1 aliphatic carbocycles. The van der Waals surface area contributed by atoms with E-state index in [0.29, 0.717) is 38.6 Å². The zero-order valence-corrected chi connectivity index (χ0v) is 15.6. The van der Waals surface area contributed by atoms with E-state index in [2.05, 4.69) is 5.32 Å². The Kier molecular flexibility index (Phi) is 6.36. The van der Waals surface area contributed by atoms with Crippen molar-refractivity contribution in [1.82, 2.24) is 15.1 Å². The van der Waals surface area contributed by atoms with Gasteiger partial charge in [0.1, 0.15) is 5.75 Å². The molecule has 1 N–H and O–H groups in total. The fourth-order valence-corrected chi connectivity index (χ4v) is 3.74. The number of urea groups is 1. The molecule has 3 rings (SSSR count). The number of nitrogens with one attached hydrogen (secondary N) is 1. The number of nitrogens with zero attached hydrogens (tertiary/aromatic N) is 2. The van der Waals surface area contributed by atoms with Gasteiger partial charge >= 0.3 is 6.03 Å². The second-order valence-corrected chi connectivity index (χ2v) is 7.18. The van der Waals surface area contributed by atoms with Gasteiger partial charge in [-0.1, -0.05) is 25.0 Å². The normalized spacial score (nSPS) is 18.5. The van der Waals surface area contributed by atoms with Crippen LogP contribution in [0.15, 0.2) is 24.3 Å². The number of hydrogen-bond donors (Lipinski definition) is 1. The third-order valence-electron chi connectivity index (χ3n) is 5.33. The molecule has 2 aliphatic rings. The van der Waals surface area contributed by atoms with Gasteiger partial charge in [-0.2, -0.15) is 0 Å². The standard InChI is InChI=1S/C20H29N3O3/c1-26-18-9-7-16(8-10-18)15-19(24)22-11-4-12-23(14-13-22)20(25)21-17-5-2-3-6-17/h7-10,17H,2-6,11-15H2,1H3,(H,21,25). The molecule has 2 fully saturated rings. The van der Waals surface area contributed by atoms with Crippen molar-refractivity contribution in [3.63, 3.8) is 0 Å². The molecule has 26 heavy (non-hydrogen) atoms. The van der Waals surface area contributed by atoms with Crippen LogP contribution in [0.25, 0.3) is 0 Å². The van der Waals surface area contributed by atoms with Crippen molar-refractivity contribution in [3.05, 3.63) is 29.8 Å². The van der Waals surface area contributed by atoms with Gasteiger partial charge in [-0.3, -0.25) is 4.79 Å². The lowest BCUT2D eigenvalue weighted by Crippen LogP contribution is -2.45. The minimum absolute atomic E-state index is 0.0290. The van der Waals surface area contributed by atoms with Gasteiger partial charge in [0.15, 0.2) is 0 Å². The minimum Gasteiger partial charge on any atom is -0.497 e. The molecule has 3 amide bonds. The van der Waals surface area contributed by atoms with Crippen LogP contribution in [0.1, 0.15) is 37.7 Å². The lowest BCUT2D eigenvalue weighted by atomic mass is 10.1. The van der Waals surface area contributed by atoms with E-state index in [-0.39, 0.29) is 11.9 Å². The van der Waals surface area contributed by atoms with Gasteiger partial charge < -0.3 is 19.9 Å². The Morgan fingerprint density at radius 1 is 1.00 bits per heavy atom. The first-order valence-corrected chi connectivity index (χ1v) is 9.62. The summed E-state index contributed by atoms with van der Waals surface area (Å²) in [6.45, 7) is 2.63.